The van der Waals surface area contributed by atoms with Gasteiger partial charge in [-0.05, 0) is 18.6 Å². The Labute approximate surface area is 158 Å². The number of carbonyl (C=O) groups excluding carboxylic acids is 3. The molecule has 0 bridgehead atoms. The highest BCUT2D eigenvalue weighted by molar-refractivity contribution is 7.18. The Bertz CT molecular complexity index is 685. The zero-order valence-electron chi connectivity index (χ0n) is 16.1. The van der Waals surface area contributed by atoms with Gasteiger partial charge in [0, 0.05) is 38.6 Å². The van der Waals surface area contributed by atoms with E-state index in [4.69, 9.17) is 0 Å². The van der Waals surface area contributed by atoms with Gasteiger partial charge in [-0.2, -0.15) is 0 Å². The average molecular weight is 381 g/mol. The minimum absolute atomic E-state index is 0.0108. The lowest BCUT2D eigenvalue weighted by molar-refractivity contribution is -0.123. The number of anilines is 1. The van der Waals surface area contributed by atoms with Crippen LogP contribution in [0.2, 0.25) is 0 Å². The van der Waals surface area contributed by atoms with Crippen LogP contribution >= 0.6 is 11.3 Å². The number of nitrogens with zero attached hydrogens (tertiary/aromatic N) is 2. The Kier molecular flexibility index (Phi) is 6.41. The summed E-state index contributed by atoms with van der Waals surface area (Å²) in [5, 5.41) is 6.20. The smallest absolute Gasteiger partial charge is 0.264 e. The first kappa shape index (κ1) is 20.4. The molecule has 0 aromatic carbocycles. The van der Waals surface area contributed by atoms with E-state index in [0.717, 1.165) is 5.56 Å². The lowest BCUT2D eigenvalue weighted by Gasteiger charge is -2.34. The van der Waals surface area contributed by atoms with Crippen molar-refractivity contribution in [1.82, 2.24) is 15.1 Å². The van der Waals surface area contributed by atoms with E-state index >= 15 is 0 Å². The predicted octanol–water partition coefficient (Wildman–Crippen LogP) is 1.54. The van der Waals surface area contributed by atoms with Gasteiger partial charge in [-0.15, -0.1) is 11.3 Å². The third-order valence-corrected chi connectivity index (χ3v) is 5.48. The lowest BCUT2D eigenvalue weighted by Crippen LogP contribution is -2.50. The molecule has 1 aromatic heterocycles. The molecule has 2 rings (SSSR count). The predicted molar refractivity (Wildman–Crippen MR) is 104 cm³/mol. The molecule has 8 heteroatoms. The van der Waals surface area contributed by atoms with Crippen molar-refractivity contribution in [3.05, 3.63) is 16.5 Å². The van der Waals surface area contributed by atoms with Gasteiger partial charge >= 0.3 is 0 Å². The highest BCUT2D eigenvalue weighted by Crippen LogP contribution is 2.29. The summed E-state index contributed by atoms with van der Waals surface area (Å²) in [7, 11) is 1.62. The Balaban J connectivity index is 1.98. The molecule has 1 saturated heterocycles. The van der Waals surface area contributed by atoms with Gasteiger partial charge in [-0.3, -0.25) is 19.3 Å². The zero-order chi connectivity index (χ0) is 19.5. The molecule has 1 aromatic rings. The number of rotatable bonds is 4. The van der Waals surface area contributed by atoms with Crippen molar-refractivity contribution in [3.8, 4) is 0 Å². The molecule has 1 aliphatic heterocycles. The number of carbonyl (C=O) groups is 3. The summed E-state index contributed by atoms with van der Waals surface area (Å²) in [4.78, 5) is 40.9. The van der Waals surface area contributed by atoms with Gasteiger partial charge < -0.3 is 15.5 Å². The first-order chi connectivity index (χ1) is 12.1. The molecule has 0 unspecified atom stereocenters. The number of likely N-dealkylation sites (N-methyl/N-ethyl adjacent to an activating group) is 1. The molecule has 7 nitrogen and oxygen atoms in total. The monoisotopic (exact) mass is 380 g/mol. The van der Waals surface area contributed by atoms with Crippen molar-refractivity contribution in [2.75, 3.05) is 45.1 Å². The molecule has 2 heterocycles. The molecule has 1 aliphatic rings. The zero-order valence-corrected chi connectivity index (χ0v) is 17.0. The third kappa shape index (κ3) is 5.04. The molecule has 0 atom stereocenters. The van der Waals surface area contributed by atoms with Crippen molar-refractivity contribution in [1.29, 1.82) is 0 Å². The van der Waals surface area contributed by atoms with Gasteiger partial charge in [0.15, 0.2) is 0 Å². The van der Waals surface area contributed by atoms with Gasteiger partial charge in [0.05, 0.1) is 16.4 Å². The van der Waals surface area contributed by atoms with Crippen molar-refractivity contribution >= 4 is 34.1 Å². The van der Waals surface area contributed by atoms with Gasteiger partial charge in [-0.1, -0.05) is 20.8 Å². The van der Waals surface area contributed by atoms with Crippen molar-refractivity contribution < 1.29 is 14.4 Å². The quantitative estimate of drug-likeness (QED) is 0.830. The van der Waals surface area contributed by atoms with Crippen LogP contribution in [0.5, 0.6) is 0 Å². The maximum Gasteiger partial charge on any atom is 0.264 e. The lowest BCUT2D eigenvalue weighted by atomic mass is 9.96. The minimum Gasteiger partial charge on any atom is -0.358 e. The van der Waals surface area contributed by atoms with E-state index in [1.807, 2.05) is 43.6 Å². The number of piperazine rings is 1. The molecular formula is C18H28N4O3S. The first-order valence-electron chi connectivity index (χ1n) is 8.76. The van der Waals surface area contributed by atoms with Crippen LogP contribution in [0, 0.1) is 12.3 Å². The average Bonchev–Trinajstić information content (AvgIpc) is 2.94. The largest absolute Gasteiger partial charge is 0.358 e. The van der Waals surface area contributed by atoms with Crippen LogP contribution in [0.1, 0.15) is 36.0 Å². The highest BCUT2D eigenvalue weighted by atomic mass is 32.1. The summed E-state index contributed by atoms with van der Waals surface area (Å²) >= 11 is 1.32. The number of aryl methyl sites for hydroxylation is 1. The summed E-state index contributed by atoms with van der Waals surface area (Å²) in [5.41, 5.74) is 0.389. The number of hydrogen-bond acceptors (Lipinski definition) is 5. The summed E-state index contributed by atoms with van der Waals surface area (Å²) in [6, 6.07) is 1.85. The fourth-order valence-corrected chi connectivity index (χ4v) is 3.63. The summed E-state index contributed by atoms with van der Waals surface area (Å²) in [5.74, 6) is -0.0953. The van der Waals surface area contributed by atoms with Crippen LogP contribution in [-0.4, -0.2) is 67.3 Å². The van der Waals surface area contributed by atoms with Crippen LogP contribution < -0.4 is 10.6 Å². The van der Waals surface area contributed by atoms with Gasteiger partial charge in [0.25, 0.3) is 5.91 Å². The second-order valence-electron chi connectivity index (χ2n) is 7.57. The number of hydrogen-bond donors (Lipinski definition) is 2. The molecule has 2 N–H and O–H groups in total. The van der Waals surface area contributed by atoms with Crippen molar-refractivity contribution in [2.45, 2.75) is 27.7 Å². The Morgan fingerprint density at radius 1 is 1.15 bits per heavy atom. The van der Waals surface area contributed by atoms with Gasteiger partial charge in [-0.25, -0.2) is 0 Å². The van der Waals surface area contributed by atoms with E-state index in [2.05, 4.69) is 10.6 Å². The third-order valence-electron chi connectivity index (χ3n) is 4.34. The van der Waals surface area contributed by atoms with Crippen molar-refractivity contribution in [3.63, 3.8) is 0 Å². The number of amides is 3. The molecule has 26 heavy (non-hydrogen) atoms. The van der Waals surface area contributed by atoms with E-state index in [0.29, 0.717) is 42.6 Å². The van der Waals surface area contributed by atoms with E-state index in [1.165, 1.54) is 11.3 Å². The second-order valence-corrected chi connectivity index (χ2v) is 8.62. The van der Waals surface area contributed by atoms with E-state index in [-0.39, 0.29) is 17.7 Å². The van der Waals surface area contributed by atoms with Crippen LogP contribution in [0.15, 0.2) is 6.07 Å². The van der Waals surface area contributed by atoms with Crippen molar-refractivity contribution in [2.24, 2.45) is 5.41 Å². The van der Waals surface area contributed by atoms with Crippen LogP contribution in [0.4, 0.5) is 5.00 Å². The Morgan fingerprint density at radius 3 is 2.31 bits per heavy atom. The van der Waals surface area contributed by atoms with E-state index in [1.54, 1.807) is 7.05 Å². The maximum absolute atomic E-state index is 12.8. The highest BCUT2D eigenvalue weighted by Gasteiger charge is 2.27. The molecule has 0 radical (unpaired) electrons. The standard InChI is InChI=1S/C18H28N4O3S/c1-12-10-14(20-17(25)18(2,3)4)26-15(12)16(24)22-8-6-21(7-9-22)11-13(23)19-5/h10H,6-9,11H2,1-5H3,(H,19,23)(H,20,25). The first-order valence-corrected chi connectivity index (χ1v) is 9.57. The fraction of sp³-hybridized carbons (Fsp3) is 0.611. The van der Waals surface area contributed by atoms with E-state index < -0.39 is 5.41 Å². The summed E-state index contributed by atoms with van der Waals surface area (Å²) < 4.78 is 0. The Hall–Kier alpha value is -1.93. The molecule has 3 amide bonds. The molecule has 1 fully saturated rings. The van der Waals surface area contributed by atoms with Gasteiger partial charge in [0.2, 0.25) is 11.8 Å². The minimum atomic E-state index is -0.483. The molecule has 0 saturated carbocycles. The molecule has 144 valence electrons. The van der Waals surface area contributed by atoms with Crippen LogP contribution in [0.25, 0.3) is 0 Å². The Morgan fingerprint density at radius 2 is 1.77 bits per heavy atom. The maximum atomic E-state index is 12.8. The number of nitrogens with one attached hydrogen (secondary N) is 2. The van der Waals surface area contributed by atoms with Crippen LogP contribution in [0.3, 0.4) is 0 Å². The van der Waals surface area contributed by atoms with E-state index in [9.17, 15) is 14.4 Å². The number of thiophene rings is 1. The summed E-state index contributed by atoms with van der Waals surface area (Å²) in [6.45, 7) is 10.4. The fourth-order valence-electron chi connectivity index (χ4n) is 2.59. The SMILES string of the molecule is CNC(=O)CN1CCN(C(=O)c2sc(NC(=O)C(C)(C)C)cc2C)CC1. The van der Waals surface area contributed by atoms with Gasteiger partial charge in [0.1, 0.15) is 0 Å². The second kappa shape index (κ2) is 8.18. The van der Waals surface area contributed by atoms with Crippen LogP contribution in [-0.2, 0) is 9.59 Å². The molecule has 0 spiro atoms. The normalized spacial score (nSPS) is 15.7. The summed E-state index contributed by atoms with van der Waals surface area (Å²) in [6.07, 6.45) is 0. The topological polar surface area (TPSA) is 81.8 Å². The molecule has 0 aliphatic carbocycles. The molecular weight excluding hydrogens is 352 g/mol.